The van der Waals surface area contributed by atoms with Gasteiger partial charge in [0.2, 0.25) is 0 Å². The molecule has 0 unspecified atom stereocenters. The van der Waals surface area contributed by atoms with Crippen LogP contribution in [0.3, 0.4) is 0 Å². The molecule has 0 saturated heterocycles. The van der Waals surface area contributed by atoms with Crippen molar-refractivity contribution in [1.82, 2.24) is 10.3 Å². The molecule has 0 spiro atoms. The molecule has 52 valence electrons. The molecule has 0 aromatic rings. The summed E-state index contributed by atoms with van der Waals surface area (Å²) in [5.41, 5.74) is 1.26. The third-order valence-corrected chi connectivity index (χ3v) is 1.42. The lowest BCUT2D eigenvalue weighted by Gasteiger charge is -2.00. The number of hydrazone groups is 1. The highest BCUT2D eigenvalue weighted by atomic mass is 15.5. The Balaban J connectivity index is 2.33. The number of hydrogen-bond donors (Lipinski definition) is 1. The summed E-state index contributed by atoms with van der Waals surface area (Å²) in [7, 11) is 3.95. The zero-order chi connectivity index (χ0) is 6.69. The summed E-state index contributed by atoms with van der Waals surface area (Å²) in [6.07, 6.45) is 1.12. The summed E-state index contributed by atoms with van der Waals surface area (Å²) in [6.45, 7) is 2.02. The van der Waals surface area contributed by atoms with Crippen LogP contribution in [0.1, 0.15) is 6.42 Å². The average molecular weight is 127 g/mol. The van der Waals surface area contributed by atoms with Gasteiger partial charge in [0.05, 0.1) is 5.71 Å². The number of nitrogens with zero attached hydrogens (tertiary/aromatic N) is 2. The lowest BCUT2D eigenvalue weighted by atomic mass is 10.3. The largest absolute Gasteiger partial charge is 0.314 e. The van der Waals surface area contributed by atoms with Crippen LogP contribution in [0.25, 0.3) is 0 Å². The first-order chi connectivity index (χ1) is 4.33. The monoisotopic (exact) mass is 127 g/mol. The topological polar surface area (TPSA) is 27.6 Å². The second kappa shape index (κ2) is 2.82. The molecular weight excluding hydrogens is 114 g/mol. The van der Waals surface area contributed by atoms with Gasteiger partial charge in [-0.25, -0.2) is 0 Å². The predicted octanol–water partition coefficient (Wildman–Crippen LogP) is -0.103. The second-order valence-electron chi connectivity index (χ2n) is 2.33. The maximum absolute atomic E-state index is 4.27. The summed E-state index contributed by atoms with van der Waals surface area (Å²) < 4.78 is 0. The van der Waals surface area contributed by atoms with Crippen molar-refractivity contribution in [3.8, 4) is 0 Å². The summed E-state index contributed by atoms with van der Waals surface area (Å²) in [6, 6.07) is 0. The Hall–Kier alpha value is -0.570. The van der Waals surface area contributed by atoms with Gasteiger partial charge in [0.25, 0.3) is 0 Å². The number of nitrogens with one attached hydrogen (secondary N) is 1. The number of hydrogen-bond acceptors (Lipinski definition) is 3. The maximum Gasteiger partial charge on any atom is 0.0536 e. The van der Waals surface area contributed by atoms with Gasteiger partial charge in [-0.3, -0.25) is 5.01 Å². The Morgan fingerprint density at radius 1 is 1.78 bits per heavy atom. The Labute approximate surface area is 55.7 Å². The lowest BCUT2D eigenvalue weighted by Crippen LogP contribution is -2.16. The van der Waals surface area contributed by atoms with E-state index in [0.29, 0.717) is 0 Å². The Kier molecular flexibility index (Phi) is 2.05. The molecule has 0 amide bonds. The van der Waals surface area contributed by atoms with E-state index in [1.54, 1.807) is 0 Å². The lowest BCUT2D eigenvalue weighted by molar-refractivity contribution is 0.393. The minimum Gasteiger partial charge on any atom is -0.314 e. The van der Waals surface area contributed by atoms with Crippen LogP contribution in [-0.4, -0.2) is 37.9 Å². The molecule has 0 atom stereocenters. The highest BCUT2D eigenvalue weighted by Gasteiger charge is 2.08. The summed E-state index contributed by atoms with van der Waals surface area (Å²) in [4.78, 5) is 0. The molecule has 0 aromatic carbocycles. The smallest absolute Gasteiger partial charge is 0.0536 e. The summed E-state index contributed by atoms with van der Waals surface area (Å²) in [5.74, 6) is 0. The molecule has 1 N–H and O–H groups in total. The molecule has 3 nitrogen and oxygen atoms in total. The Morgan fingerprint density at radius 3 is 3.00 bits per heavy atom. The van der Waals surface area contributed by atoms with Gasteiger partial charge in [0.15, 0.2) is 0 Å². The molecule has 0 fully saturated rings. The van der Waals surface area contributed by atoms with Gasteiger partial charge in [-0.15, -0.1) is 0 Å². The normalized spacial score (nSPS) is 18.4. The van der Waals surface area contributed by atoms with Crippen molar-refractivity contribution in [2.75, 3.05) is 27.2 Å². The van der Waals surface area contributed by atoms with Crippen LogP contribution < -0.4 is 5.32 Å². The molecule has 1 rings (SSSR count). The third kappa shape index (κ3) is 1.68. The summed E-state index contributed by atoms with van der Waals surface area (Å²) >= 11 is 0. The maximum atomic E-state index is 4.27. The van der Waals surface area contributed by atoms with Crippen LogP contribution in [0.2, 0.25) is 0 Å². The Bertz CT molecular complexity index is 119. The molecule has 3 heteroatoms. The van der Waals surface area contributed by atoms with E-state index in [0.717, 1.165) is 19.5 Å². The SMILES string of the molecule is CNCC1=NN(C)CC1. The molecule has 1 heterocycles. The molecule has 0 radical (unpaired) electrons. The van der Waals surface area contributed by atoms with E-state index in [9.17, 15) is 0 Å². The van der Waals surface area contributed by atoms with E-state index in [2.05, 4.69) is 10.4 Å². The fourth-order valence-corrected chi connectivity index (χ4v) is 0.960. The first kappa shape index (κ1) is 6.55. The molecule has 1 aliphatic heterocycles. The highest BCUT2D eigenvalue weighted by Crippen LogP contribution is 2.00. The van der Waals surface area contributed by atoms with E-state index < -0.39 is 0 Å². The molecule has 0 aliphatic carbocycles. The molecule has 0 aromatic heterocycles. The fourth-order valence-electron chi connectivity index (χ4n) is 0.960. The van der Waals surface area contributed by atoms with Crippen molar-refractivity contribution in [3.63, 3.8) is 0 Å². The highest BCUT2D eigenvalue weighted by molar-refractivity contribution is 5.87. The van der Waals surface area contributed by atoms with Crippen LogP contribution in [-0.2, 0) is 0 Å². The minimum absolute atomic E-state index is 0.935. The van der Waals surface area contributed by atoms with Gasteiger partial charge in [0, 0.05) is 26.6 Å². The predicted molar refractivity (Wildman–Crippen MR) is 38.6 cm³/mol. The van der Waals surface area contributed by atoms with Crippen molar-refractivity contribution in [2.24, 2.45) is 5.10 Å². The molecule has 1 aliphatic rings. The van der Waals surface area contributed by atoms with Gasteiger partial charge < -0.3 is 5.32 Å². The van der Waals surface area contributed by atoms with Crippen molar-refractivity contribution in [2.45, 2.75) is 6.42 Å². The van der Waals surface area contributed by atoms with Gasteiger partial charge in [-0.1, -0.05) is 0 Å². The van der Waals surface area contributed by atoms with Crippen LogP contribution in [0.15, 0.2) is 5.10 Å². The molecule has 0 saturated carbocycles. The first-order valence-corrected chi connectivity index (χ1v) is 3.25. The standard InChI is InChI=1S/C6H13N3/c1-7-5-6-3-4-9(2)8-6/h7H,3-5H2,1-2H3. The van der Waals surface area contributed by atoms with E-state index in [1.807, 2.05) is 19.1 Å². The van der Waals surface area contributed by atoms with Gasteiger partial charge in [0.1, 0.15) is 0 Å². The molecule has 0 bridgehead atoms. The van der Waals surface area contributed by atoms with Crippen molar-refractivity contribution in [1.29, 1.82) is 0 Å². The van der Waals surface area contributed by atoms with Gasteiger partial charge in [-0.2, -0.15) is 5.10 Å². The van der Waals surface area contributed by atoms with Crippen LogP contribution in [0.4, 0.5) is 0 Å². The average Bonchev–Trinajstić information content (AvgIpc) is 2.17. The summed E-state index contributed by atoms with van der Waals surface area (Å²) in [5, 5.41) is 9.32. The van der Waals surface area contributed by atoms with E-state index in [1.165, 1.54) is 5.71 Å². The van der Waals surface area contributed by atoms with Gasteiger partial charge in [-0.05, 0) is 7.05 Å². The third-order valence-electron chi connectivity index (χ3n) is 1.42. The van der Waals surface area contributed by atoms with E-state index in [-0.39, 0.29) is 0 Å². The minimum atomic E-state index is 0.935. The Morgan fingerprint density at radius 2 is 2.56 bits per heavy atom. The first-order valence-electron chi connectivity index (χ1n) is 3.25. The zero-order valence-corrected chi connectivity index (χ0v) is 6.02. The van der Waals surface area contributed by atoms with Gasteiger partial charge >= 0.3 is 0 Å². The molecular formula is C6H13N3. The van der Waals surface area contributed by atoms with Crippen LogP contribution in [0, 0.1) is 0 Å². The van der Waals surface area contributed by atoms with E-state index in [4.69, 9.17) is 0 Å². The second-order valence-corrected chi connectivity index (χ2v) is 2.33. The van der Waals surface area contributed by atoms with E-state index >= 15 is 0 Å². The van der Waals surface area contributed by atoms with Crippen molar-refractivity contribution >= 4 is 5.71 Å². The fraction of sp³-hybridized carbons (Fsp3) is 0.833. The zero-order valence-electron chi connectivity index (χ0n) is 6.02. The van der Waals surface area contributed by atoms with Crippen molar-refractivity contribution < 1.29 is 0 Å². The van der Waals surface area contributed by atoms with Crippen LogP contribution in [0.5, 0.6) is 0 Å². The quantitative estimate of drug-likeness (QED) is 0.561. The number of rotatable bonds is 2. The molecule has 9 heavy (non-hydrogen) atoms. The van der Waals surface area contributed by atoms with Crippen LogP contribution >= 0.6 is 0 Å². The van der Waals surface area contributed by atoms with Crippen molar-refractivity contribution in [3.05, 3.63) is 0 Å².